The van der Waals surface area contributed by atoms with Gasteiger partial charge in [0.2, 0.25) is 5.91 Å². The maximum atomic E-state index is 11.8. The molecule has 21 heavy (non-hydrogen) atoms. The highest BCUT2D eigenvalue weighted by Crippen LogP contribution is 2.20. The number of imide groups is 1. The van der Waals surface area contributed by atoms with Gasteiger partial charge in [-0.3, -0.25) is 14.5 Å². The van der Waals surface area contributed by atoms with E-state index >= 15 is 0 Å². The van der Waals surface area contributed by atoms with E-state index in [1.165, 1.54) is 18.2 Å². The number of rotatable bonds is 4. The number of carbonyl (C=O) groups is 4. The number of urea groups is 1. The highest BCUT2D eigenvalue weighted by Gasteiger charge is 2.30. The van der Waals surface area contributed by atoms with Gasteiger partial charge in [0.15, 0.2) is 0 Å². The number of hydrogen-bond donors (Lipinski definition) is 3. The number of carboxylic acid groups (broad SMARTS) is 1. The molecule has 0 bridgehead atoms. The number of benzene rings is 1. The average molecular weight is 312 g/mol. The minimum atomic E-state index is -1.26. The molecule has 1 aromatic rings. The number of halogens is 1. The van der Waals surface area contributed by atoms with Crippen LogP contribution >= 0.6 is 11.6 Å². The van der Waals surface area contributed by atoms with Crippen LogP contribution in [-0.4, -0.2) is 46.9 Å². The summed E-state index contributed by atoms with van der Waals surface area (Å²) in [6.45, 7) is -0.653. The number of anilines is 1. The largest absolute Gasteiger partial charge is 0.478 e. The van der Waals surface area contributed by atoms with Gasteiger partial charge in [-0.1, -0.05) is 11.6 Å². The molecule has 0 unspecified atom stereocenters. The molecule has 1 fully saturated rings. The van der Waals surface area contributed by atoms with Gasteiger partial charge < -0.3 is 15.7 Å². The quantitative estimate of drug-likeness (QED) is 0.701. The van der Waals surface area contributed by atoms with Crippen molar-refractivity contribution in [2.75, 3.05) is 18.4 Å². The summed E-state index contributed by atoms with van der Waals surface area (Å²) in [5.41, 5.74) is -0.156. The van der Waals surface area contributed by atoms with E-state index in [0.29, 0.717) is 0 Å². The highest BCUT2D eigenvalue weighted by atomic mass is 35.5. The molecule has 1 aromatic carbocycles. The van der Waals surface area contributed by atoms with E-state index in [1.54, 1.807) is 0 Å². The number of carbonyl (C=O) groups excluding carboxylic acids is 3. The van der Waals surface area contributed by atoms with Gasteiger partial charge in [-0.25, -0.2) is 9.59 Å². The van der Waals surface area contributed by atoms with Gasteiger partial charge in [0.25, 0.3) is 5.91 Å². The molecule has 0 saturated carbocycles. The predicted octanol–water partition coefficient (Wildman–Crippen LogP) is 0.528. The van der Waals surface area contributed by atoms with Crippen molar-refractivity contribution in [2.24, 2.45) is 0 Å². The average Bonchev–Trinajstić information content (AvgIpc) is 2.72. The minimum Gasteiger partial charge on any atom is -0.478 e. The van der Waals surface area contributed by atoms with E-state index < -0.39 is 30.4 Å². The lowest BCUT2D eigenvalue weighted by molar-refractivity contribution is -0.128. The zero-order valence-electron chi connectivity index (χ0n) is 10.6. The van der Waals surface area contributed by atoms with Gasteiger partial charge >= 0.3 is 12.0 Å². The number of aromatic carboxylic acids is 1. The number of carboxylic acids is 1. The molecule has 0 spiro atoms. The molecule has 1 aliphatic heterocycles. The molecule has 1 heterocycles. The van der Waals surface area contributed by atoms with Crippen LogP contribution in [-0.2, 0) is 9.59 Å². The third-order valence-electron chi connectivity index (χ3n) is 2.72. The van der Waals surface area contributed by atoms with Gasteiger partial charge in [0.05, 0.1) is 17.8 Å². The molecule has 0 atom stereocenters. The lowest BCUT2D eigenvalue weighted by Crippen LogP contribution is -2.38. The first-order valence-electron chi connectivity index (χ1n) is 5.79. The van der Waals surface area contributed by atoms with Crippen LogP contribution < -0.4 is 10.6 Å². The zero-order chi connectivity index (χ0) is 15.6. The fraction of sp³-hybridized carbons (Fsp3) is 0.167. The van der Waals surface area contributed by atoms with Crippen LogP contribution in [0.4, 0.5) is 10.5 Å². The summed E-state index contributed by atoms with van der Waals surface area (Å²) in [4.78, 5) is 46.3. The molecule has 1 aliphatic rings. The summed E-state index contributed by atoms with van der Waals surface area (Å²) >= 11 is 5.69. The van der Waals surface area contributed by atoms with Gasteiger partial charge in [-0.15, -0.1) is 0 Å². The third-order valence-corrected chi connectivity index (χ3v) is 2.96. The zero-order valence-corrected chi connectivity index (χ0v) is 11.3. The van der Waals surface area contributed by atoms with E-state index in [1.807, 2.05) is 0 Å². The Bertz CT molecular complexity index is 630. The van der Waals surface area contributed by atoms with Crippen LogP contribution in [0.5, 0.6) is 0 Å². The summed E-state index contributed by atoms with van der Waals surface area (Å²) < 4.78 is 0. The fourth-order valence-corrected chi connectivity index (χ4v) is 1.92. The van der Waals surface area contributed by atoms with E-state index in [4.69, 9.17) is 16.7 Å². The molecular formula is C12H10ClN3O5. The van der Waals surface area contributed by atoms with E-state index in [-0.39, 0.29) is 22.8 Å². The molecule has 0 radical (unpaired) electrons. The minimum absolute atomic E-state index is 0.0314. The first-order chi connectivity index (χ1) is 9.88. The Morgan fingerprint density at radius 3 is 2.67 bits per heavy atom. The van der Waals surface area contributed by atoms with Gasteiger partial charge in [0.1, 0.15) is 6.54 Å². The summed E-state index contributed by atoms with van der Waals surface area (Å²) in [7, 11) is 0. The maximum absolute atomic E-state index is 11.8. The molecule has 4 amide bonds. The molecule has 3 N–H and O–H groups in total. The van der Waals surface area contributed by atoms with Crippen molar-refractivity contribution in [3.63, 3.8) is 0 Å². The number of nitrogens with one attached hydrogen (secondary N) is 2. The van der Waals surface area contributed by atoms with Crippen molar-refractivity contribution in [1.82, 2.24) is 10.2 Å². The molecule has 0 aliphatic carbocycles. The van der Waals surface area contributed by atoms with Crippen molar-refractivity contribution in [3.05, 3.63) is 28.8 Å². The maximum Gasteiger partial charge on any atom is 0.337 e. The number of nitrogens with zero attached hydrogens (tertiary/aromatic N) is 1. The van der Waals surface area contributed by atoms with Crippen molar-refractivity contribution in [2.45, 2.75) is 0 Å². The van der Waals surface area contributed by atoms with Crippen LogP contribution in [0.2, 0.25) is 5.02 Å². The second kappa shape index (κ2) is 5.80. The summed E-state index contributed by atoms with van der Waals surface area (Å²) in [6.07, 6.45) is 0. The third kappa shape index (κ3) is 3.29. The molecule has 0 aromatic heterocycles. The summed E-state index contributed by atoms with van der Waals surface area (Å²) in [6, 6.07) is 3.27. The molecule has 1 saturated heterocycles. The van der Waals surface area contributed by atoms with Crippen molar-refractivity contribution >= 4 is 41.1 Å². The van der Waals surface area contributed by atoms with Crippen molar-refractivity contribution < 1.29 is 24.3 Å². The Kier molecular flexibility index (Phi) is 4.08. The fourth-order valence-electron chi connectivity index (χ4n) is 1.75. The topological polar surface area (TPSA) is 116 Å². The van der Waals surface area contributed by atoms with E-state index in [2.05, 4.69) is 10.6 Å². The van der Waals surface area contributed by atoms with Crippen LogP contribution in [0, 0.1) is 0 Å². The standard InChI is InChI=1S/C12H10ClN3O5/c13-6-1-2-8(7(3-6)11(19)20)15-9(17)5-16-10(18)4-14-12(16)21/h1-3H,4-5H2,(H,14,21)(H,15,17)(H,19,20). The van der Waals surface area contributed by atoms with Crippen LogP contribution in [0.3, 0.4) is 0 Å². The Balaban J connectivity index is 2.11. The Morgan fingerprint density at radius 1 is 1.38 bits per heavy atom. The summed E-state index contributed by atoms with van der Waals surface area (Å²) in [5, 5.41) is 13.8. The highest BCUT2D eigenvalue weighted by molar-refractivity contribution is 6.31. The van der Waals surface area contributed by atoms with E-state index in [0.717, 1.165) is 4.90 Å². The smallest absolute Gasteiger partial charge is 0.337 e. The SMILES string of the molecule is O=C(CN1C(=O)CNC1=O)Nc1ccc(Cl)cc1C(=O)O. The molecular weight excluding hydrogens is 302 g/mol. The van der Waals surface area contributed by atoms with Crippen LogP contribution in [0.1, 0.15) is 10.4 Å². The molecule has 9 heteroatoms. The Morgan fingerprint density at radius 2 is 2.10 bits per heavy atom. The second-order valence-corrected chi connectivity index (χ2v) is 4.62. The van der Waals surface area contributed by atoms with Crippen molar-refractivity contribution in [3.8, 4) is 0 Å². The van der Waals surface area contributed by atoms with Crippen LogP contribution in [0.15, 0.2) is 18.2 Å². The monoisotopic (exact) mass is 311 g/mol. The first kappa shape index (κ1) is 14.8. The second-order valence-electron chi connectivity index (χ2n) is 4.18. The van der Waals surface area contributed by atoms with Gasteiger partial charge in [-0.05, 0) is 18.2 Å². The van der Waals surface area contributed by atoms with Gasteiger partial charge in [0, 0.05) is 5.02 Å². The predicted molar refractivity (Wildman–Crippen MR) is 72.2 cm³/mol. The molecule has 2 rings (SSSR count). The summed E-state index contributed by atoms with van der Waals surface area (Å²) in [5.74, 6) is -2.47. The van der Waals surface area contributed by atoms with Crippen molar-refractivity contribution in [1.29, 1.82) is 0 Å². The molecule has 8 nitrogen and oxygen atoms in total. The number of hydrogen-bond acceptors (Lipinski definition) is 4. The Labute approximate surface area is 123 Å². The van der Waals surface area contributed by atoms with E-state index in [9.17, 15) is 19.2 Å². The lowest BCUT2D eigenvalue weighted by Gasteiger charge is -2.13. The lowest BCUT2D eigenvalue weighted by atomic mass is 10.2. The van der Waals surface area contributed by atoms with Gasteiger partial charge in [-0.2, -0.15) is 0 Å². The normalized spacial score (nSPS) is 14.0. The van der Waals surface area contributed by atoms with Crippen LogP contribution in [0.25, 0.3) is 0 Å². The first-order valence-corrected chi connectivity index (χ1v) is 6.17. The molecule has 110 valence electrons. The number of amides is 4. The Hall–Kier alpha value is -2.61.